The molecule has 0 aliphatic heterocycles. The lowest BCUT2D eigenvalue weighted by molar-refractivity contribution is 0.380. The van der Waals surface area contributed by atoms with Gasteiger partial charge in [-0.1, -0.05) is 25.1 Å². The second kappa shape index (κ2) is 8.60. The number of pyridine rings is 1. The van der Waals surface area contributed by atoms with E-state index >= 15 is 0 Å². The first-order chi connectivity index (χ1) is 9.74. The van der Waals surface area contributed by atoms with E-state index in [4.69, 9.17) is 10.3 Å². The summed E-state index contributed by atoms with van der Waals surface area (Å²) in [6.07, 6.45) is 3.31. The lowest BCUT2D eigenvalue weighted by atomic mass is 10.1. The number of nitrogens with two attached hydrogens (primary N) is 1. The Morgan fingerprint density at radius 1 is 1.33 bits per heavy atom. The van der Waals surface area contributed by atoms with Crippen LogP contribution in [0, 0.1) is 0 Å². The maximum Gasteiger partial charge on any atom is 0.194 e. The number of hydrogen-bond donors (Lipinski definition) is 2. The van der Waals surface area contributed by atoms with Gasteiger partial charge < -0.3 is 15.6 Å². The number of aryl methyl sites for hydroxylation is 2. The summed E-state index contributed by atoms with van der Waals surface area (Å²) in [5.41, 5.74) is 7.82. The normalized spacial score (nSPS) is 11.0. The van der Waals surface area contributed by atoms with Gasteiger partial charge in [0, 0.05) is 18.2 Å². The molecule has 3 N–H and O–H groups in total. The van der Waals surface area contributed by atoms with E-state index in [1.807, 2.05) is 32.0 Å². The fourth-order valence-electron chi connectivity index (χ4n) is 1.89. The Morgan fingerprint density at radius 2 is 2.14 bits per heavy atom. The number of halogens is 1. The molecule has 2 heterocycles. The van der Waals surface area contributed by atoms with E-state index in [-0.39, 0.29) is 24.0 Å². The monoisotopic (exact) mass is 401 g/mol. The third kappa shape index (κ3) is 4.69. The van der Waals surface area contributed by atoms with E-state index in [1.54, 1.807) is 6.20 Å². The number of anilines is 1. The molecule has 21 heavy (non-hydrogen) atoms. The first-order valence-electron chi connectivity index (χ1n) is 6.68. The minimum absolute atomic E-state index is 0. The molecule has 0 radical (unpaired) electrons. The van der Waals surface area contributed by atoms with Crippen LogP contribution >= 0.6 is 24.0 Å². The van der Waals surface area contributed by atoms with Crippen LogP contribution in [0.15, 0.2) is 33.9 Å². The number of hydrogen-bond acceptors (Lipinski definition) is 4. The Bertz CT molecular complexity index is 561. The summed E-state index contributed by atoms with van der Waals surface area (Å²) in [6.45, 7) is 4.53. The van der Waals surface area contributed by atoms with E-state index in [0.29, 0.717) is 18.3 Å². The predicted octanol–water partition coefficient (Wildman–Crippen LogP) is 2.74. The zero-order chi connectivity index (χ0) is 14.4. The average Bonchev–Trinajstić information content (AvgIpc) is 2.88. The second-order valence-corrected chi connectivity index (χ2v) is 4.28. The van der Waals surface area contributed by atoms with E-state index in [0.717, 1.165) is 29.9 Å². The van der Waals surface area contributed by atoms with Crippen molar-refractivity contribution in [2.24, 2.45) is 10.7 Å². The SMILES string of the molecule is CCc1noc(CC)c1CN=C(N)Nc1ccccn1.I. The summed E-state index contributed by atoms with van der Waals surface area (Å²) in [5.74, 6) is 1.87. The summed E-state index contributed by atoms with van der Waals surface area (Å²) in [6, 6.07) is 5.56. The van der Waals surface area contributed by atoms with Crippen molar-refractivity contribution in [2.75, 3.05) is 5.32 Å². The van der Waals surface area contributed by atoms with Crippen LogP contribution in [0.5, 0.6) is 0 Å². The molecule has 0 aromatic carbocycles. The second-order valence-electron chi connectivity index (χ2n) is 4.28. The molecule has 0 atom stereocenters. The summed E-state index contributed by atoms with van der Waals surface area (Å²) >= 11 is 0. The van der Waals surface area contributed by atoms with Crippen molar-refractivity contribution in [3.8, 4) is 0 Å². The van der Waals surface area contributed by atoms with Crippen LogP contribution in [-0.2, 0) is 19.4 Å². The molecule has 7 heteroatoms. The summed E-state index contributed by atoms with van der Waals surface area (Å²) in [4.78, 5) is 8.45. The van der Waals surface area contributed by atoms with Crippen LogP contribution in [0.1, 0.15) is 30.9 Å². The standard InChI is InChI=1S/C14H19N5O.HI/c1-3-11-10(12(4-2)20-19-11)9-17-14(15)18-13-7-5-6-8-16-13;/h5-8H,3-4,9H2,1-2H3,(H3,15,16,17,18);1H. The Kier molecular flexibility index (Phi) is 7.13. The molecule has 0 aliphatic rings. The van der Waals surface area contributed by atoms with Gasteiger partial charge in [0.25, 0.3) is 0 Å². The highest BCUT2D eigenvalue weighted by Gasteiger charge is 2.12. The number of guanidine groups is 1. The lowest BCUT2D eigenvalue weighted by Gasteiger charge is -2.04. The maximum atomic E-state index is 5.85. The number of nitrogens with zero attached hydrogens (tertiary/aromatic N) is 3. The summed E-state index contributed by atoms with van der Waals surface area (Å²) < 4.78 is 5.29. The molecule has 6 nitrogen and oxygen atoms in total. The van der Waals surface area contributed by atoms with Crippen LogP contribution < -0.4 is 11.1 Å². The van der Waals surface area contributed by atoms with Crippen LogP contribution in [0.2, 0.25) is 0 Å². The van der Waals surface area contributed by atoms with Gasteiger partial charge in [-0.3, -0.25) is 0 Å². The molecule has 2 aromatic heterocycles. The molecular weight excluding hydrogens is 381 g/mol. The van der Waals surface area contributed by atoms with Gasteiger partial charge in [0.15, 0.2) is 5.96 Å². The predicted molar refractivity (Wildman–Crippen MR) is 93.9 cm³/mol. The highest BCUT2D eigenvalue weighted by Crippen LogP contribution is 2.16. The molecule has 2 rings (SSSR count). The molecule has 0 fully saturated rings. The topological polar surface area (TPSA) is 89.3 Å². The molecule has 0 saturated carbocycles. The minimum atomic E-state index is 0. The molecule has 0 saturated heterocycles. The van der Waals surface area contributed by atoms with Crippen molar-refractivity contribution in [1.29, 1.82) is 0 Å². The quantitative estimate of drug-likeness (QED) is 0.457. The summed E-state index contributed by atoms with van der Waals surface area (Å²) in [7, 11) is 0. The van der Waals surface area contributed by atoms with Gasteiger partial charge in [-0.2, -0.15) is 0 Å². The fourth-order valence-corrected chi connectivity index (χ4v) is 1.89. The largest absolute Gasteiger partial charge is 0.370 e. The van der Waals surface area contributed by atoms with Crippen molar-refractivity contribution >= 4 is 35.8 Å². The van der Waals surface area contributed by atoms with Gasteiger partial charge in [0.1, 0.15) is 11.6 Å². The van der Waals surface area contributed by atoms with E-state index in [2.05, 4.69) is 20.4 Å². The first-order valence-corrected chi connectivity index (χ1v) is 6.68. The van der Waals surface area contributed by atoms with Gasteiger partial charge >= 0.3 is 0 Å². The molecule has 0 amide bonds. The van der Waals surface area contributed by atoms with Crippen LogP contribution in [0.25, 0.3) is 0 Å². The minimum Gasteiger partial charge on any atom is -0.370 e. The lowest BCUT2D eigenvalue weighted by Crippen LogP contribution is -2.23. The van der Waals surface area contributed by atoms with Crippen molar-refractivity contribution < 1.29 is 4.52 Å². The smallest absolute Gasteiger partial charge is 0.194 e. The molecule has 0 aliphatic carbocycles. The molecule has 0 spiro atoms. The Hall–Kier alpha value is -1.64. The number of aromatic nitrogens is 2. The van der Waals surface area contributed by atoms with Gasteiger partial charge in [0.2, 0.25) is 0 Å². The van der Waals surface area contributed by atoms with Crippen molar-refractivity contribution in [3.63, 3.8) is 0 Å². The van der Waals surface area contributed by atoms with E-state index < -0.39 is 0 Å². The highest BCUT2D eigenvalue weighted by atomic mass is 127. The molecule has 2 aromatic rings. The van der Waals surface area contributed by atoms with Gasteiger partial charge in [0.05, 0.1) is 12.2 Å². The Labute approximate surface area is 141 Å². The van der Waals surface area contributed by atoms with Gasteiger partial charge in [-0.25, -0.2) is 9.98 Å². The Morgan fingerprint density at radius 3 is 2.76 bits per heavy atom. The average molecular weight is 401 g/mol. The Balaban J connectivity index is 0.00000220. The molecular formula is C14H20IN5O. The first kappa shape index (κ1) is 17.4. The zero-order valence-corrected chi connectivity index (χ0v) is 14.5. The van der Waals surface area contributed by atoms with E-state index in [1.165, 1.54) is 0 Å². The summed E-state index contributed by atoms with van der Waals surface area (Å²) in [5, 5.41) is 6.99. The van der Waals surface area contributed by atoms with Crippen molar-refractivity contribution in [3.05, 3.63) is 41.4 Å². The van der Waals surface area contributed by atoms with Crippen molar-refractivity contribution in [2.45, 2.75) is 33.2 Å². The molecule has 0 bridgehead atoms. The van der Waals surface area contributed by atoms with Crippen LogP contribution in [0.3, 0.4) is 0 Å². The zero-order valence-electron chi connectivity index (χ0n) is 12.2. The van der Waals surface area contributed by atoms with Crippen molar-refractivity contribution in [1.82, 2.24) is 10.1 Å². The third-order valence-electron chi connectivity index (χ3n) is 2.94. The molecule has 114 valence electrons. The highest BCUT2D eigenvalue weighted by molar-refractivity contribution is 14.0. The molecule has 0 unspecified atom stereocenters. The van der Waals surface area contributed by atoms with E-state index in [9.17, 15) is 0 Å². The van der Waals surface area contributed by atoms with Gasteiger partial charge in [-0.05, 0) is 18.6 Å². The fraction of sp³-hybridized carbons (Fsp3) is 0.357. The van der Waals surface area contributed by atoms with Gasteiger partial charge in [-0.15, -0.1) is 24.0 Å². The third-order valence-corrected chi connectivity index (χ3v) is 2.94. The number of rotatable bonds is 5. The number of aliphatic imine (C=N–C) groups is 1. The maximum absolute atomic E-state index is 5.85. The van der Waals surface area contributed by atoms with Crippen LogP contribution in [-0.4, -0.2) is 16.1 Å². The van der Waals surface area contributed by atoms with Crippen LogP contribution in [0.4, 0.5) is 5.82 Å². The number of nitrogens with one attached hydrogen (secondary N) is 1.